The third-order valence-electron chi connectivity index (χ3n) is 7.60. The van der Waals surface area contributed by atoms with Crippen molar-refractivity contribution in [2.75, 3.05) is 19.8 Å². The molecule has 40 heavy (non-hydrogen) atoms. The maximum absolute atomic E-state index is 12.4. The summed E-state index contributed by atoms with van der Waals surface area (Å²) in [7, 11) is 0. The maximum atomic E-state index is 12.4. The van der Waals surface area contributed by atoms with E-state index >= 15 is 0 Å². The molecule has 3 aliphatic rings. The van der Waals surface area contributed by atoms with Crippen LogP contribution in [0.3, 0.4) is 0 Å². The van der Waals surface area contributed by atoms with E-state index in [4.69, 9.17) is 24.1 Å². The lowest BCUT2D eigenvalue weighted by Gasteiger charge is -2.39. The van der Waals surface area contributed by atoms with Crippen LogP contribution in [-0.4, -0.2) is 84.8 Å². The molecule has 10 heteroatoms. The molecule has 0 aliphatic carbocycles. The molecular weight excluding hydrogens is 516 g/mol. The second-order valence-electron chi connectivity index (χ2n) is 11.4. The Hall–Kier alpha value is -2.53. The van der Waals surface area contributed by atoms with Crippen LogP contribution in [0.25, 0.3) is 0 Å². The van der Waals surface area contributed by atoms with E-state index in [1.54, 1.807) is 13.0 Å². The molecule has 0 aromatic rings. The van der Waals surface area contributed by atoms with Gasteiger partial charge >= 0.3 is 5.97 Å². The van der Waals surface area contributed by atoms with Gasteiger partial charge in [-0.2, -0.15) is 0 Å². The Morgan fingerprint density at radius 3 is 2.58 bits per heavy atom. The van der Waals surface area contributed by atoms with Crippen LogP contribution in [0.2, 0.25) is 0 Å². The standard InChI is InChI=1S/C30H46N2O8/c1-19(6-9-24-16-30(18-37-30)17-25(40-24)15-29(36)31-12-13-33)7-10-27-20(2)14-26(22(4)39-27)32-28(35)11-8-21(3)38-23(5)34/h6-9,11,20-22,24-27,33H,10,12-18H2,1-5H3,(H,31,36)(H,32,35). The molecule has 0 saturated carbocycles. The lowest BCUT2D eigenvalue weighted by Crippen LogP contribution is -2.50. The molecule has 0 aromatic carbocycles. The smallest absolute Gasteiger partial charge is 0.303 e. The minimum absolute atomic E-state index is 0.0434. The summed E-state index contributed by atoms with van der Waals surface area (Å²) in [6.07, 6.45) is 11.6. The molecule has 3 N–H and O–H groups in total. The first-order chi connectivity index (χ1) is 19.0. The van der Waals surface area contributed by atoms with E-state index in [1.165, 1.54) is 13.0 Å². The summed E-state index contributed by atoms with van der Waals surface area (Å²) in [5, 5.41) is 14.6. The van der Waals surface area contributed by atoms with Crippen molar-refractivity contribution in [1.82, 2.24) is 10.6 Å². The molecular formula is C30H46N2O8. The highest BCUT2D eigenvalue weighted by Crippen LogP contribution is 2.43. The molecule has 3 fully saturated rings. The van der Waals surface area contributed by atoms with Gasteiger partial charge in [-0.15, -0.1) is 0 Å². The molecule has 2 amide bonds. The minimum atomic E-state index is -0.464. The van der Waals surface area contributed by atoms with Gasteiger partial charge in [-0.1, -0.05) is 30.7 Å². The van der Waals surface area contributed by atoms with E-state index < -0.39 is 6.10 Å². The summed E-state index contributed by atoms with van der Waals surface area (Å²) >= 11 is 0. The number of carbonyl (C=O) groups excluding carboxylic acids is 3. The first kappa shape index (κ1) is 32.0. The van der Waals surface area contributed by atoms with Crippen molar-refractivity contribution >= 4 is 17.8 Å². The summed E-state index contributed by atoms with van der Waals surface area (Å²) in [5.41, 5.74) is 0.916. The van der Waals surface area contributed by atoms with Gasteiger partial charge in [0.1, 0.15) is 6.10 Å². The zero-order valence-corrected chi connectivity index (χ0v) is 24.4. The summed E-state index contributed by atoms with van der Waals surface area (Å²) in [6, 6.07) is -0.100. The van der Waals surface area contributed by atoms with Gasteiger partial charge in [0.15, 0.2) is 0 Å². The van der Waals surface area contributed by atoms with Crippen molar-refractivity contribution in [1.29, 1.82) is 0 Å². The molecule has 3 aliphatic heterocycles. The third-order valence-corrected chi connectivity index (χ3v) is 7.60. The number of aliphatic hydroxyl groups is 1. The van der Waals surface area contributed by atoms with Crippen LogP contribution in [0.4, 0.5) is 0 Å². The number of ether oxygens (including phenoxy) is 4. The lowest BCUT2D eigenvalue weighted by atomic mass is 9.88. The number of esters is 1. The Bertz CT molecular complexity index is 973. The fourth-order valence-electron chi connectivity index (χ4n) is 5.35. The highest BCUT2D eigenvalue weighted by atomic mass is 16.6. The predicted octanol–water partition coefficient (Wildman–Crippen LogP) is 2.50. The van der Waals surface area contributed by atoms with Crippen LogP contribution in [-0.2, 0) is 33.3 Å². The van der Waals surface area contributed by atoms with E-state index in [9.17, 15) is 14.4 Å². The Morgan fingerprint density at radius 2 is 1.90 bits per heavy atom. The number of allylic oxidation sites excluding steroid dienone is 2. The molecule has 0 aromatic heterocycles. The number of rotatable bonds is 12. The molecule has 3 rings (SSSR count). The first-order valence-electron chi connectivity index (χ1n) is 14.3. The fourth-order valence-corrected chi connectivity index (χ4v) is 5.35. The molecule has 224 valence electrons. The van der Waals surface area contributed by atoms with Gasteiger partial charge in [0.05, 0.1) is 55.7 Å². The average Bonchev–Trinajstić information content (AvgIpc) is 3.62. The van der Waals surface area contributed by atoms with Crippen molar-refractivity contribution in [3.63, 3.8) is 0 Å². The van der Waals surface area contributed by atoms with Gasteiger partial charge in [-0.05, 0) is 45.6 Å². The van der Waals surface area contributed by atoms with Crippen LogP contribution in [0.5, 0.6) is 0 Å². The molecule has 3 heterocycles. The fraction of sp³-hybridized carbons (Fsp3) is 0.700. The Kier molecular flexibility index (Phi) is 11.9. The second kappa shape index (κ2) is 14.9. The van der Waals surface area contributed by atoms with E-state index in [2.05, 4.69) is 29.7 Å². The van der Waals surface area contributed by atoms with Crippen LogP contribution in [0.15, 0.2) is 36.0 Å². The molecule has 1 spiro atoms. The zero-order chi connectivity index (χ0) is 29.3. The summed E-state index contributed by atoms with van der Waals surface area (Å²) in [6.45, 7) is 10.1. The summed E-state index contributed by atoms with van der Waals surface area (Å²) in [4.78, 5) is 35.5. The SMILES string of the molecule is CC(=O)OC(C)C=CC(=O)NC1CC(C)C(CC=C(C)C=CC2CC3(CO3)CC(CC(=O)NCCO)O2)OC1C. The number of carbonyl (C=O) groups is 3. The number of amides is 2. The number of nitrogens with one attached hydrogen (secondary N) is 2. The zero-order valence-electron chi connectivity index (χ0n) is 24.4. The summed E-state index contributed by atoms with van der Waals surface area (Å²) < 4.78 is 23.2. The molecule has 3 saturated heterocycles. The van der Waals surface area contributed by atoms with E-state index in [-0.39, 0.29) is 79.3 Å². The van der Waals surface area contributed by atoms with Crippen molar-refractivity contribution in [3.05, 3.63) is 36.0 Å². The lowest BCUT2D eigenvalue weighted by molar-refractivity contribution is -0.143. The normalized spacial score (nSPS) is 33.2. The minimum Gasteiger partial charge on any atom is -0.459 e. The van der Waals surface area contributed by atoms with Gasteiger partial charge in [0, 0.05) is 32.4 Å². The van der Waals surface area contributed by atoms with Gasteiger partial charge in [-0.25, -0.2) is 0 Å². The van der Waals surface area contributed by atoms with Gasteiger partial charge < -0.3 is 34.7 Å². The molecule has 8 atom stereocenters. The largest absolute Gasteiger partial charge is 0.459 e. The topological polar surface area (TPSA) is 136 Å². The monoisotopic (exact) mass is 562 g/mol. The maximum Gasteiger partial charge on any atom is 0.303 e. The van der Waals surface area contributed by atoms with Crippen molar-refractivity contribution in [3.8, 4) is 0 Å². The second-order valence-corrected chi connectivity index (χ2v) is 11.4. The van der Waals surface area contributed by atoms with Crippen molar-refractivity contribution in [2.24, 2.45) is 5.92 Å². The van der Waals surface area contributed by atoms with Crippen LogP contribution < -0.4 is 10.6 Å². The summed E-state index contributed by atoms with van der Waals surface area (Å²) in [5.74, 6) is -0.494. The molecule has 8 unspecified atom stereocenters. The quantitative estimate of drug-likeness (QED) is 0.143. The van der Waals surface area contributed by atoms with Gasteiger partial charge in [0.2, 0.25) is 11.8 Å². The van der Waals surface area contributed by atoms with Gasteiger partial charge in [0.25, 0.3) is 0 Å². The Labute approximate surface area is 237 Å². The van der Waals surface area contributed by atoms with Crippen LogP contribution >= 0.6 is 0 Å². The molecule has 10 nitrogen and oxygen atoms in total. The predicted molar refractivity (Wildman–Crippen MR) is 149 cm³/mol. The van der Waals surface area contributed by atoms with E-state index in [1.807, 2.05) is 19.9 Å². The number of hydrogen-bond donors (Lipinski definition) is 3. The number of epoxide rings is 1. The van der Waals surface area contributed by atoms with Crippen molar-refractivity contribution < 1.29 is 38.4 Å². The Morgan fingerprint density at radius 1 is 1.15 bits per heavy atom. The van der Waals surface area contributed by atoms with Crippen LogP contribution in [0.1, 0.15) is 66.7 Å². The third kappa shape index (κ3) is 10.5. The van der Waals surface area contributed by atoms with Gasteiger partial charge in [-0.3, -0.25) is 14.4 Å². The number of aliphatic hydroxyl groups excluding tert-OH is 1. The first-order valence-corrected chi connectivity index (χ1v) is 14.3. The molecule has 0 bridgehead atoms. The van der Waals surface area contributed by atoms with Crippen molar-refractivity contribution in [2.45, 2.75) is 109 Å². The average molecular weight is 563 g/mol. The van der Waals surface area contributed by atoms with Crippen LogP contribution in [0, 0.1) is 5.92 Å². The number of hydrogen-bond acceptors (Lipinski definition) is 8. The molecule has 0 radical (unpaired) electrons. The van der Waals surface area contributed by atoms with E-state index in [0.29, 0.717) is 13.0 Å². The highest BCUT2D eigenvalue weighted by Gasteiger charge is 2.51. The Balaban J connectivity index is 1.46. The van der Waals surface area contributed by atoms with E-state index in [0.717, 1.165) is 24.8 Å². The highest BCUT2D eigenvalue weighted by molar-refractivity contribution is 5.87.